The van der Waals surface area contributed by atoms with Gasteiger partial charge < -0.3 is 10.4 Å². The first-order chi connectivity index (χ1) is 14.5. The van der Waals surface area contributed by atoms with Crippen molar-refractivity contribution >= 4 is 34.5 Å². The summed E-state index contributed by atoms with van der Waals surface area (Å²) in [5.41, 5.74) is 0.410. The molecule has 0 spiro atoms. The second-order valence-corrected chi connectivity index (χ2v) is 9.82. The average molecular weight is 444 g/mol. The number of hydrogen-bond donors (Lipinski definition) is 2. The molecule has 3 aliphatic rings. The summed E-state index contributed by atoms with van der Waals surface area (Å²) in [6.45, 7) is 0.547. The normalized spacial score (nSPS) is 26.9. The van der Waals surface area contributed by atoms with Crippen LogP contribution in [0.4, 0.5) is 0 Å². The largest absolute Gasteiger partial charge is 0.507 e. The van der Waals surface area contributed by atoms with Gasteiger partial charge in [-0.2, -0.15) is 10.2 Å². The fourth-order valence-corrected chi connectivity index (χ4v) is 6.53. The van der Waals surface area contributed by atoms with Gasteiger partial charge in [0.2, 0.25) is 5.91 Å². The SMILES string of the molecule is C#CCCC1(CCNC(=O)[C@H]2CSC([C@@H]3CSC(c4ccccc4O)=N3)N2C)N=N1. The van der Waals surface area contributed by atoms with Crippen LogP contribution >= 0.6 is 23.5 Å². The lowest BCUT2D eigenvalue weighted by Crippen LogP contribution is -2.47. The number of carbonyl (C=O) groups excluding carboxylic acids is 1. The first-order valence-electron chi connectivity index (χ1n) is 10.0. The van der Waals surface area contributed by atoms with Crippen LogP contribution in [0.1, 0.15) is 24.8 Å². The Balaban J connectivity index is 1.30. The zero-order valence-electron chi connectivity index (χ0n) is 16.8. The number of benzene rings is 1. The van der Waals surface area contributed by atoms with Gasteiger partial charge in [0.25, 0.3) is 0 Å². The highest BCUT2D eigenvalue weighted by Gasteiger charge is 2.42. The predicted octanol–water partition coefficient (Wildman–Crippen LogP) is 2.71. The number of phenolic OH excluding ortho intramolecular Hbond substituents is 1. The van der Waals surface area contributed by atoms with Gasteiger partial charge in [-0.25, -0.2) is 0 Å². The van der Waals surface area contributed by atoms with Gasteiger partial charge in [-0.1, -0.05) is 12.1 Å². The minimum absolute atomic E-state index is 0.0378. The van der Waals surface area contributed by atoms with E-state index in [4.69, 9.17) is 11.4 Å². The monoisotopic (exact) mass is 443 g/mol. The fraction of sp³-hybridized carbons (Fsp3) is 0.524. The molecule has 0 aromatic heterocycles. The molecule has 2 N–H and O–H groups in total. The number of para-hydroxylation sites is 1. The standard InChI is InChI=1S/C21H25N5O2S2/c1-3-4-9-21(24-25-21)10-11-22-18(28)16-13-30-20(26(16)2)15-12-29-19(23-15)14-7-5-6-8-17(14)27/h1,5-8,15-16,20,27H,4,9-13H2,2H3,(H,22,28)/t15-,16+,20?/m0/s1. The molecule has 3 aliphatic heterocycles. The molecule has 0 radical (unpaired) electrons. The summed E-state index contributed by atoms with van der Waals surface area (Å²) in [6.07, 6.45) is 7.41. The number of thioether (sulfide) groups is 2. The van der Waals surface area contributed by atoms with Crippen LogP contribution in [0.15, 0.2) is 39.5 Å². The zero-order valence-corrected chi connectivity index (χ0v) is 18.5. The van der Waals surface area contributed by atoms with E-state index in [9.17, 15) is 9.90 Å². The molecule has 7 nitrogen and oxygen atoms in total. The Bertz CT molecular complexity index is 907. The molecule has 9 heteroatoms. The van der Waals surface area contributed by atoms with E-state index in [1.165, 1.54) is 0 Å². The van der Waals surface area contributed by atoms with E-state index in [2.05, 4.69) is 26.4 Å². The maximum atomic E-state index is 12.7. The van der Waals surface area contributed by atoms with Crippen LogP contribution in [-0.2, 0) is 4.79 Å². The van der Waals surface area contributed by atoms with E-state index >= 15 is 0 Å². The highest BCUT2D eigenvalue weighted by atomic mass is 32.2. The van der Waals surface area contributed by atoms with Gasteiger partial charge in [0.05, 0.1) is 17.5 Å². The van der Waals surface area contributed by atoms with Crippen molar-refractivity contribution in [3.63, 3.8) is 0 Å². The number of carbonyl (C=O) groups is 1. The van der Waals surface area contributed by atoms with Crippen molar-refractivity contribution in [1.29, 1.82) is 0 Å². The number of terminal acetylenes is 1. The summed E-state index contributed by atoms with van der Waals surface area (Å²) in [5, 5.41) is 22.4. The topological polar surface area (TPSA) is 89.6 Å². The molecule has 3 heterocycles. The molecular formula is C21H25N5O2S2. The minimum atomic E-state index is -0.367. The zero-order chi connectivity index (χ0) is 21.1. The van der Waals surface area contributed by atoms with Crippen molar-refractivity contribution in [3.8, 4) is 18.1 Å². The number of hydrogen-bond acceptors (Lipinski definition) is 8. The molecule has 1 aromatic rings. The fourth-order valence-electron chi connectivity index (χ4n) is 3.75. The van der Waals surface area contributed by atoms with Gasteiger partial charge in [0, 0.05) is 42.9 Å². The number of phenols is 1. The van der Waals surface area contributed by atoms with E-state index in [1.807, 2.05) is 25.2 Å². The summed E-state index contributed by atoms with van der Waals surface area (Å²) in [6, 6.07) is 7.20. The molecule has 1 unspecified atom stereocenters. The Morgan fingerprint density at radius 3 is 2.90 bits per heavy atom. The first-order valence-corrected chi connectivity index (χ1v) is 12.0. The molecule has 3 atom stereocenters. The third-order valence-corrected chi connectivity index (χ3v) is 8.24. The highest BCUT2D eigenvalue weighted by Crippen LogP contribution is 2.38. The maximum absolute atomic E-state index is 12.7. The van der Waals surface area contributed by atoms with Crippen molar-refractivity contribution in [2.45, 2.75) is 42.4 Å². The number of likely N-dealkylation sites (N-methyl/N-ethyl adjacent to an activating group) is 1. The number of amides is 1. The molecule has 0 saturated carbocycles. The molecule has 0 aliphatic carbocycles. The number of aromatic hydroxyl groups is 1. The van der Waals surface area contributed by atoms with Gasteiger partial charge in [-0.3, -0.25) is 14.7 Å². The molecule has 1 fully saturated rings. The van der Waals surface area contributed by atoms with E-state index in [0.717, 1.165) is 28.5 Å². The van der Waals surface area contributed by atoms with E-state index < -0.39 is 0 Å². The lowest BCUT2D eigenvalue weighted by atomic mass is 10.0. The Morgan fingerprint density at radius 2 is 2.17 bits per heavy atom. The second-order valence-electron chi connectivity index (χ2n) is 7.66. The second kappa shape index (κ2) is 9.00. The van der Waals surface area contributed by atoms with Crippen molar-refractivity contribution in [3.05, 3.63) is 29.8 Å². The summed E-state index contributed by atoms with van der Waals surface area (Å²) >= 11 is 3.43. The quantitative estimate of drug-likeness (QED) is 0.603. The Morgan fingerprint density at radius 1 is 1.37 bits per heavy atom. The Kier molecular flexibility index (Phi) is 6.37. The summed E-state index contributed by atoms with van der Waals surface area (Å²) in [5.74, 6) is 4.50. The third kappa shape index (κ3) is 4.51. The molecule has 1 amide bonds. The number of nitrogens with zero attached hydrogens (tertiary/aromatic N) is 4. The summed E-state index contributed by atoms with van der Waals surface area (Å²) in [4.78, 5) is 19.7. The van der Waals surface area contributed by atoms with Crippen molar-refractivity contribution in [1.82, 2.24) is 10.2 Å². The van der Waals surface area contributed by atoms with Crippen molar-refractivity contribution in [2.24, 2.45) is 15.2 Å². The van der Waals surface area contributed by atoms with Crippen LogP contribution in [0.25, 0.3) is 0 Å². The number of nitrogens with one attached hydrogen (secondary N) is 1. The molecular weight excluding hydrogens is 418 g/mol. The van der Waals surface area contributed by atoms with Crippen molar-refractivity contribution in [2.75, 3.05) is 25.1 Å². The van der Waals surface area contributed by atoms with Gasteiger partial charge in [0.15, 0.2) is 5.66 Å². The van der Waals surface area contributed by atoms with E-state index in [0.29, 0.717) is 19.4 Å². The van der Waals surface area contributed by atoms with Crippen LogP contribution in [-0.4, -0.2) is 69.2 Å². The Labute approximate surface area is 185 Å². The van der Waals surface area contributed by atoms with Gasteiger partial charge >= 0.3 is 0 Å². The Hall–Kier alpha value is -2.02. The molecule has 0 bridgehead atoms. The summed E-state index contributed by atoms with van der Waals surface area (Å²) in [7, 11) is 1.99. The van der Waals surface area contributed by atoms with Gasteiger partial charge in [-0.15, -0.1) is 35.9 Å². The van der Waals surface area contributed by atoms with E-state index in [1.54, 1.807) is 29.6 Å². The molecule has 4 rings (SSSR count). The lowest BCUT2D eigenvalue weighted by Gasteiger charge is -2.26. The minimum Gasteiger partial charge on any atom is -0.507 e. The lowest BCUT2D eigenvalue weighted by molar-refractivity contribution is -0.125. The molecule has 158 valence electrons. The van der Waals surface area contributed by atoms with Crippen LogP contribution in [0.2, 0.25) is 0 Å². The third-order valence-electron chi connectivity index (χ3n) is 5.64. The van der Waals surface area contributed by atoms with Crippen LogP contribution in [0.3, 0.4) is 0 Å². The average Bonchev–Trinajstić information content (AvgIpc) is 3.15. The maximum Gasteiger partial charge on any atom is 0.238 e. The highest BCUT2D eigenvalue weighted by molar-refractivity contribution is 8.14. The number of aliphatic imine (C=N–C) groups is 1. The van der Waals surface area contributed by atoms with Gasteiger partial charge in [-0.05, 0) is 19.2 Å². The summed E-state index contributed by atoms with van der Waals surface area (Å²) < 4.78 is 0. The molecule has 1 saturated heterocycles. The van der Waals surface area contributed by atoms with Crippen LogP contribution < -0.4 is 5.32 Å². The molecule has 1 aromatic carbocycles. The predicted molar refractivity (Wildman–Crippen MR) is 122 cm³/mol. The van der Waals surface area contributed by atoms with Crippen LogP contribution in [0.5, 0.6) is 5.75 Å². The smallest absolute Gasteiger partial charge is 0.238 e. The van der Waals surface area contributed by atoms with Gasteiger partial charge in [0.1, 0.15) is 10.8 Å². The molecule has 30 heavy (non-hydrogen) atoms. The van der Waals surface area contributed by atoms with Crippen LogP contribution in [0, 0.1) is 12.3 Å². The van der Waals surface area contributed by atoms with Crippen molar-refractivity contribution < 1.29 is 9.90 Å². The first kappa shape index (κ1) is 21.2. The number of rotatable bonds is 8. The van der Waals surface area contributed by atoms with E-state index in [-0.39, 0.29) is 34.8 Å².